The molecule has 0 spiro atoms. The van der Waals surface area contributed by atoms with E-state index in [2.05, 4.69) is 10.4 Å². The Morgan fingerprint density at radius 1 is 1.45 bits per heavy atom. The molecule has 2 aliphatic rings. The molecule has 1 aromatic heterocycles. The highest BCUT2D eigenvalue weighted by Crippen LogP contribution is 2.32. The van der Waals surface area contributed by atoms with E-state index >= 15 is 0 Å². The summed E-state index contributed by atoms with van der Waals surface area (Å²) in [5.74, 6) is 0.473. The number of halogens is 1. The van der Waals surface area contributed by atoms with Crippen molar-refractivity contribution in [3.8, 4) is 0 Å². The summed E-state index contributed by atoms with van der Waals surface area (Å²) in [6, 6.07) is 0.125. The molecule has 1 aromatic rings. The lowest BCUT2D eigenvalue weighted by Crippen LogP contribution is -2.38. The number of aryl methyl sites for hydroxylation is 1. The van der Waals surface area contributed by atoms with Gasteiger partial charge in [0.1, 0.15) is 4.90 Å². The van der Waals surface area contributed by atoms with Crippen molar-refractivity contribution in [3.05, 3.63) is 12.4 Å². The second-order valence-electron chi connectivity index (χ2n) is 5.33. The predicted octanol–water partition coefficient (Wildman–Crippen LogP) is 0.697. The Balaban J connectivity index is 0.00000147. The number of nitrogens with one attached hydrogen (secondary N) is 1. The minimum Gasteiger partial charge on any atom is -0.315 e. The lowest BCUT2D eigenvalue weighted by atomic mass is 10.1. The van der Waals surface area contributed by atoms with Gasteiger partial charge in [-0.3, -0.25) is 4.68 Å². The Morgan fingerprint density at radius 3 is 3.00 bits per heavy atom. The normalized spacial score (nSPS) is 26.4. The first-order valence-corrected chi connectivity index (χ1v) is 8.32. The molecule has 20 heavy (non-hydrogen) atoms. The first-order chi connectivity index (χ1) is 9.13. The number of hydrogen-bond donors (Lipinski definition) is 1. The molecule has 2 aliphatic heterocycles. The molecule has 0 aliphatic carbocycles. The van der Waals surface area contributed by atoms with Crippen LogP contribution in [0, 0.1) is 5.92 Å². The molecule has 0 bridgehead atoms. The van der Waals surface area contributed by atoms with Crippen LogP contribution in [-0.2, 0) is 16.6 Å². The van der Waals surface area contributed by atoms with Crippen LogP contribution >= 0.6 is 12.4 Å². The van der Waals surface area contributed by atoms with Gasteiger partial charge >= 0.3 is 0 Å². The standard InChI is InChI=1S/C12H20N4O2S.ClH/c1-2-4-15-9-11(7-14-15)19(17,18)16-5-3-10-6-13-8-12(10)16;/h7,9-10,12-13H,2-6,8H2,1H3;1H/t10-,12+;/m0./s1. The van der Waals surface area contributed by atoms with Gasteiger partial charge in [-0.1, -0.05) is 6.92 Å². The largest absolute Gasteiger partial charge is 0.315 e. The molecule has 0 unspecified atom stereocenters. The van der Waals surface area contributed by atoms with Gasteiger partial charge in [-0.15, -0.1) is 12.4 Å². The second kappa shape index (κ2) is 6.01. The Labute approximate surface area is 126 Å². The van der Waals surface area contributed by atoms with E-state index in [0.29, 0.717) is 17.4 Å². The first kappa shape index (κ1) is 15.8. The third-order valence-electron chi connectivity index (χ3n) is 4.06. The summed E-state index contributed by atoms with van der Waals surface area (Å²) in [6.07, 6.45) is 5.02. The zero-order valence-electron chi connectivity index (χ0n) is 11.5. The molecule has 0 amide bonds. The average Bonchev–Trinajstić information content (AvgIpc) is 3.04. The smallest absolute Gasteiger partial charge is 0.246 e. The minimum absolute atomic E-state index is 0. The van der Waals surface area contributed by atoms with Crippen molar-refractivity contribution in [1.82, 2.24) is 19.4 Å². The maximum absolute atomic E-state index is 12.6. The van der Waals surface area contributed by atoms with E-state index in [1.165, 1.54) is 6.20 Å². The molecule has 3 heterocycles. The van der Waals surface area contributed by atoms with E-state index in [9.17, 15) is 8.42 Å². The molecule has 8 heteroatoms. The summed E-state index contributed by atoms with van der Waals surface area (Å²) in [4.78, 5) is 0.327. The fraction of sp³-hybridized carbons (Fsp3) is 0.750. The van der Waals surface area contributed by atoms with Gasteiger partial charge in [0.05, 0.1) is 6.20 Å². The first-order valence-electron chi connectivity index (χ1n) is 6.88. The zero-order chi connectivity index (χ0) is 13.5. The van der Waals surface area contributed by atoms with Crippen LogP contribution in [0.4, 0.5) is 0 Å². The van der Waals surface area contributed by atoms with Gasteiger partial charge in [-0.05, 0) is 25.3 Å². The molecule has 2 fully saturated rings. The summed E-state index contributed by atoms with van der Waals surface area (Å²) in [7, 11) is -3.38. The summed E-state index contributed by atoms with van der Waals surface area (Å²) < 4.78 is 28.6. The maximum Gasteiger partial charge on any atom is 0.246 e. The molecule has 3 rings (SSSR count). The number of hydrogen-bond acceptors (Lipinski definition) is 4. The van der Waals surface area contributed by atoms with Crippen molar-refractivity contribution in [1.29, 1.82) is 0 Å². The fourth-order valence-electron chi connectivity index (χ4n) is 3.07. The molecule has 2 saturated heterocycles. The second-order valence-corrected chi connectivity index (χ2v) is 7.22. The molecule has 6 nitrogen and oxygen atoms in total. The fourth-order valence-corrected chi connectivity index (χ4v) is 4.73. The van der Waals surface area contributed by atoms with Gasteiger partial charge in [0, 0.05) is 31.9 Å². The molecule has 0 saturated carbocycles. The van der Waals surface area contributed by atoms with Crippen molar-refractivity contribution < 1.29 is 8.42 Å². The summed E-state index contributed by atoms with van der Waals surface area (Å²) >= 11 is 0. The van der Waals surface area contributed by atoms with Crippen LogP contribution in [0.25, 0.3) is 0 Å². The third kappa shape index (κ3) is 2.59. The van der Waals surface area contributed by atoms with Gasteiger partial charge < -0.3 is 5.32 Å². The van der Waals surface area contributed by atoms with Crippen LogP contribution in [0.1, 0.15) is 19.8 Å². The van der Waals surface area contributed by atoms with Crippen LogP contribution in [0.5, 0.6) is 0 Å². The quantitative estimate of drug-likeness (QED) is 0.886. The highest BCUT2D eigenvalue weighted by atomic mass is 35.5. The SMILES string of the molecule is CCCn1cc(S(=O)(=O)N2CC[C@H]3CNC[C@H]32)cn1.Cl. The predicted molar refractivity (Wildman–Crippen MR) is 78.4 cm³/mol. The lowest BCUT2D eigenvalue weighted by molar-refractivity contribution is 0.383. The number of fused-ring (bicyclic) bond motifs is 1. The topological polar surface area (TPSA) is 67.2 Å². The highest BCUT2D eigenvalue weighted by molar-refractivity contribution is 7.89. The Hall–Kier alpha value is -0.630. The molecule has 2 atom stereocenters. The number of sulfonamides is 1. The van der Waals surface area contributed by atoms with Crippen molar-refractivity contribution in [2.45, 2.75) is 37.2 Å². The van der Waals surface area contributed by atoms with Crippen molar-refractivity contribution in [3.63, 3.8) is 0 Å². The molecule has 114 valence electrons. The number of aromatic nitrogens is 2. The van der Waals surface area contributed by atoms with Gasteiger partial charge in [-0.2, -0.15) is 9.40 Å². The highest BCUT2D eigenvalue weighted by Gasteiger charge is 2.44. The summed E-state index contributed by atoms with van der Waals surface area (Å²) in [6.45, 7) is 5.14. The van der Waals surface area contributed by atoms with E-state index in [1.807, 2.05) is 6.92 Å². The van der Waals surface area contributed by atoms with Crippen molar-refractivity contribution in [2.75, 3.05) is 19.6 Å². The minimum atomic E-state index is -3.38. The van der Waals surface area contributed by atoms with Gasteiger partial charge in [0.25, 0.3) is 0 Å². The monoisotopic (exact) mass is 320 g/mol. The average molecular weight is 321 g/mol. The molecule has 0 aromatic carbocycles. The van der Waals surface area contributed by atoms with Crippen LogP contribution in [0.3, 0.4) is 0 Å². The van der Waals surface area contributed by atoms with Gasteiger partial charge in [0.15, 0.2) is 0 Å². The van der Waals surface area contributed by atoms with E-state index < -0.39 is 10.0 Å². The lowest BCUT2D eigenvalue weighted by Gasteiger charge is -2.21. The molecular weight excluding hydrogens is 300 g/mol. The van der Waals surface area contributed by atoms with E-state index in [1.54, 1.807) is 15.2 Å². The Kier molecular flexibility index (Phi) is 4.73. The van der Waals surface area contributed by atoms with Crippen LogP contribution in [0.2, 0.25) is 0 Å². The summed E-state index contributed by atoms with van der Waals surface area (Å²) in [5.41, 5.74) is 0. The van der Waals surface area contributed by atoms with Gasteiger partial charge in [-0.25, -0.2) is 8.42 Å². The Bertz CT molecular complexity index is 560. The number of nitrogens with zero attached hydrogens (tertiary/aromatic N) is 3. The molecular formula is C12H21ClN4O2S. The zero-order valence-corrected chi connectivity index (χ0v) is 13.2. The number of rotatable bonds is 4. The van der Waals surface area contributed by atoms with Crippen molar-refractivity contribution >= 4 is 22.4 Å². The van der Waals surface area contributed by atoms with Gasteiger partial charge in [0.2, 0.25) is 10.0 Å². The van der Waals surface area contributed by atoms with Crippen LogP contribution in [-0.4, -0.2) is 48.2 Å². The van der Waals surface area contributed by atoms with Crippen LogP contribution < -0.4 is 5.32 Å². The van der Waals surface area contributed by atoms with Crippen molar-refractivity contribution in [2.24, 2.45) is 5.92 Å². The van der Waals surface area contributed by atoms with E-state index in [0.717, 1.165) is 32.5 Å². The third-order valence-corrected chi connectivity index (χ3v) is 5.94. The Morgan fingerprint density at radius 2 is 2.25 bits per heavy atom. The van der Waals surface area contributed by atoms with E-state index in [-0.39, 0.29) is 18.4 Å². The molecule has 1 N–H and O–H groups in total. The summed E-state index contributed by atoms with van der Waals surface area (Å²) in [5, 5.41) is 7.40. The van der Waals surface area contributed by atoms with E-state index in [4.69, 9.17) is 0 Å². The van der Waals surface area contributed by atoms with Crippen LogP contribution in [0.15, 0.2) is 17.3 Å². The molecule has 0 radical (unpaired) electrons. The maximum atomic E-state index is 12.6.